The lowest BCUT2D eigenvalue weighted by atomic mass is 9.74. The number of rotatable bonds is 7. The van der Waals surface area contributed by atoms with Crippen LogP contribution in [0.15, 0.2) is 48.6 Å². The quantitative estimate of drug-likeness (QED) is 0.420. The smallest absolute Gasteiger partial charge is 0.251 e. The maximum atomic E-state index is 14.3. The molecule has 0 aromatic heterocycles. The Hall–Kier alpha value is -2.29. The molecule has 0 radical (unpaired) electrons. The molecule has 0 aliphatic carbocycles. The average Bonchev–Trinajstić information content (AvgIpc) is 3.13. The number of carbonyl (C=O) groups excluding carboxylic acids is 3. The zero-order valence-electron chi connectivity index (χ0n) is 21.3. The summed E-state index contributed by atoms with van der Waals surface area (Å²) in [4.78, 5) is 47.8. The Kier molecular flexibility index (Phi) is 7.20. The largest absolute Gasteiger partial charge is 0.396 e. The second kappa shape index (κ2) is 10.1. The molecule has 5 atom stereocenters. The molecule has 1 N–H and O–H groups in total. The summed E-state index contributed by atoms with van der Waals surface area (Å²) in [5.74, 6) is -1.49. The highest BCUT2D eigenvalue weighted by Gasteiger charge is 2.73. The van der Waals surface area contributed by atoms with E-state index in [0.717, 1.165) is 12.1 Å². The number of thioether (sulfide) groups is 1. The van der Waals surface area contributed by atoms with Gasteiger partial charge in [-0.25, -0.2) is 0 Å². The van der Waals surface area contributed by atoms with Crippen molar-refractivity contribution < 1.29 is 19.5 Å². The van der Waals surface area contributed by atoms with Crippen LogP contribution in [-0.2, 0) is 14.4 Å². The summed E-state index contributed by atoms with van der Waals surface area (Å²) in [6.45, 7) is 6.02. The molecule has 3 amide bonds. The standard InChI is InChI=1S/C28H34ClN3O4S/c1-3-14-30-15-6-12-27(2)21(24(30)34)22-25(35)32(16-4-5-18-33)23-26(36)31(17-7-13-28(22,23)37-27)20-10-8-19(29)9-11-20/h6-13,21-23,33H,3-5,14-18H2,1-2H3/t21-,22-,23?,27+,28-/m0/s1. The lowest BCUT2D eigenvalue weighted by Crippen LogP contribution is -2.53. The molecule has 7 nitrogen and oxygen atoms in total. The number of aliphatic hydroxyl groups is 1. The Balaban J connectivity index is 1.61. The third kappa shape index (κ3) is 4.21. The molecule has 1 spiro atoms. The van der Waals surface area contributed by atoms with Gasteiger partial charge in [-0.2, -0.15) is 0 Å². The van der Waals surface area contributed by atoms with Crippen molar-refractivity contribution in [1.82, 2.24) is 9.80 Å². The van der Waals surface area contributed by atoms with Crippen molar-refractivity contribution in [3.05, 3.63) is 53.6 Å². The van der Waals surface area contributed by atoms with Crippen LogP contribution in [0.3, 0.4) is 0 Å². The van der Waals surface area contributed by atoms with Crippen molar-refractivity contribution in [2.45, 2.75) is 48.6 Å². The van der Waals surface area contributed by atoms with E-state index in [4.69, 9.17) is 11.6 Å². The first-order valence-corrected chi connectivity index (χ1v) is 14.3. The fraction of sp³-hybridized carbons (Fsp3) is 0.536. The number of amides is 3. The summed E-state index contributed by atoms with van der Waals surface area (Å²) >= 11 is 7.70. The van der Waals surface area contributed by atoms with Crippen molar-refractivity contribution in [3.63, 3.8) is 0 Å². The zero-order valence-corrected chi connectivity index (χ0v) is 22.9. The van der Waals surface area contributed by atoms with Gasteiger partial charge in [-0.3, -0.25) is 14.4 Å². The Labute approximate surface area is 227 Å². The molecule has 0 saturated carbocycles. The van der Waals surface area contributed by atoms with Gasteiger partial charge >= 0.3 is 0 Å². The van der Waals surface area contributed by atoms with Gasteiger partial charge in [-0.15, -0.1) is 11.8 Å². The van der Waals surface area contributed by atoms with Crippen LogP contribution in [0, 0.1) is 11.8 Å². The molecule has 1 aromatic rings. The SMILES string of the molecule is CCCN1CC=C[C@@]2(C)S[C@]34C=CCN(c5ccc(Cl)cc5)C(=O)C3N(CCCCO)C(=O)[C@@H]4[C@H]2C1=O. The summed E-state index contributed by atoms with van der Waals surface area (Å²) in [5.41, 5.74) is 0.718. The van der Waals surface area contributed by atoms with E-state index in [2.05, 4.69) is 6.08 Å². The fourth-order valence-corrected chi connectivity index (χ4v) is 8.81. The van der Waals surface area contributed by atoms with Crippen molar-refractivity contribution in [1.29, 1.82) is 0 Å². The summed E-state index contributed by atoms with van der Waals surface area (Å²) in [7, 11) is 0. The van der Waals surface area contributed by atoms with E-state index >= 15 is 0 Å². The number of unbranched alkanes of at least 4 members (excludes halogenated alkanes) is 1. The molecule has 2 fully saturated rings. The van der Waals surface area contributed by atoms with Crippen molar-refractivity contribution in [2.24, 2.45) is 11.8 Å². The van der Waals surface area contributed by atoms with Crippen LogP contribution in [0.25, 0.3) is 0 Å². The lowest BCUT2D eigenvalue weighted by Gasteiger charge is -2.37. The second-order valence-electron chi connectivity index (χ2n) is 10.5. The number of hydrogen-bond acceptors (Lipinski definition) is 5. The van der Waals surface area contributed by atoms with Crippen LogP contribution in [0.1, 0.15) is 33.1 Å². The number of halogens is 1. The van der Waals surface area contributed by atoms with Gasteiger partial charge in [0.2, 0.25) is 11.8 Å². The topological polar surface area (TPSA) is 81.2 Å². The minimum absolute atomic E-state index is 0.00677. The highest BCUT2D eigenvalue weighted by atomic mass is 35.5. The predicted molar refractivity (Wildman–Crippen MR) is 146 cm³/mol. The van der Waals surface area contributed by atoms with Gasteiger partial charge in [0, 0.05) is 48.2 Å². The molecule has 2 saturated heterocycles. The summed E-state index contributed by atoms with van der Waals surface area (Å²) < 4.78 is -1.46. The minimum atomic E-state index is -0.858. The number of benzene rings is 1. The van der Waals surface area contributed by atoms with Gasteiger partial charge in [0.25, 0.3) is 5.91 Å². The molecule has 4 aliphatic heterocycles. The monoisotopic (exact) mass is 543 g/mol. The molecule has 5 rings (SSSR count). The van der Waals surface area contributed by atoms with E-state index in [9.17, 15) is 19.5 Å². The van der Waals surface area contributed by atoms with Crippen molar-refractivity contribution in [3.8, 4) is 0 Å². The Morgan fingerprint density at radius 3 is 2.41 bits per heavy atom. The molecular formula is C28H34ClN3O4S. The predicted octanol–water partition coefficient (Wildman–Crippen LogP) is 3.51. The van der Waals surface area contributed by atoms with Crippen LogP contribution < -0.4 is 4.90 Å². The molecule has 1 unspecified atom stereocenters. The average molecular weight is 544 g/mol. The maximum absolute atomic E-state index is 14.3. The third-order valence-electron chi connectivity index (χ3n) is 8.08. The van der Waals surface area contributed by atoms with Crippen LogP contribution in [0.2, 0.25) is 5.02 Å². The normalized spacial score (nSPS) is 32.9. The van der Waals surface area contributed by atoms with Gasteiger partial charge in [0.1, 0.15) is 6.04 Å². The number of fused-ring (bicyclic) bond motifs is 2. The number of hydrogen-bond donors (Lipinski definition) is 1. The summed E-state index contributed by atoms with van der Waals surface area (Å²) in [6.07, 6.45) is 10.1. The lowest BCUT2D eigenvalue weighted by molar-refractivity contribution is -0.143. The molecule has 37 heavy (non-hydrogen) atoms. The van der Waals surface area contributed by atoms with E-state index in [-0.39, 0.29) is 24.3 Å². The van der Waals surface area contributed by atoms with E-state index in [1.54, 1.807) is 33.7 Å². The van der Waals surface area contributed by atoms with E-state index in [1.807, 2.05) is 49.1 Å². The second-order valence-corrected chi connectivity index (χ2v) is 12.7. The molecular weight excluding hydrogens is 510 g/mol. The maximum Gasteiger partial charge on any atom is 0.251 e. The highest BCUT2D eigenvalue weighted by Crippen LogP contribution is 2.65. The molecule has 198 valence electrons. The van der Waals surface area contributed by atoms with Crippen LogP contribution >= 0.6 is 23.4 Å². The fourth-order valence-electron chi connectivity index (χ4n) is 6.53. The number of aliphatic hydroxyl groups excluding tert-OH is 1. The Bertz CT molecular complexity index is 1140. The van der Waals surface area contributed by atoms with Crippen LogP contribution in [-0.4, -0.2) is 80.9 Å². The first-order valence-electron chi connectivity index (χ1n) is 13.1. The number of anilines is 1. The number of nitrogens with zero attached hydrogens (tertiary/aromatic N) is 3. The molecule has 4 aliphatic rings. The molecule has 0 bridgehead atoms. The van der Waals surface area contributed by atoms with Gasteiger partial charge in [-0.05, 0) is 50.5 Å². The van der Waals surface area contributed by atoms with Gasteiger partial charge in [-0.1, -0.05) is 42.8 Å². The third-order valence-corrected chi connectivity index (χ3v) is 10.1. The van der Waals surface area contributed by atoms with Gasteiger partial charge in [0.15, 0.2) is 0 Å². The van der Waals surface area contributed by atoms with Crippen molar-refractivity contribution in [2.75, 3.05) is 37.7 Å². The number of carbonyl (C=O) groups is 3. The summed E-state index contributed by atoms with van der Waals surface area (Å²) in [6, 6.07) is 6.40. The van der Waals surface area contributed by atoms with Crippen molar-refractivity contribution >= 4 is 46.8 Å². The summed E-state index contributed by atoms with van der Waals surface area (Å²) in [5, 5.41) is 9.96. The first-order chi connectivity index (χ1) is 17.8. The first kappa shape index (κ1) is 26.3. The van der Waals surface area contributed by atoms with Gasteiger partial charge in [0.05, 0.1) is 16.6 Å². The Morgan fingerprint density at radius 2 is 1.70 bits per heavy atom. The van der Waals surface area contributed by atoms with E-state index in [1.165, 1.54) is 0 Å². The van der Waals surface area contributed by atoms with E-state index in [0.29, 0.717) is 44.0 Å². The highest BCUT2D eigenvalue weighted by molar-refractivity contribution is 8.02. The molecule has 9 heteroatoms. The Morgan fingerprint density at radius 1 is 0.973 bits per heavy atom. The van der Waals surface area contributed by atoms with Crippen LogP contribution in [0.4, 0.5) is 5.69 Å². The zero-order chi connectivity index (χ0) is 26.4. The molecule has 1 aromatic carbocycles. The van der Waals surface area contributed by atoms with Gasteiger partial charge < -0.3 is 19.8 Å². The van der Waals surface area contributed by atoms with Crippen LogP contribution in [0.5, 0.6) is 0 Å². The molecule has 4 heterocycles. The number of likely N-dealkylation sites (tertiary alicyclic amines) is 1. The van der Waals surface area contributed by atoms with E-state index < -0.39 is 27.4 Å². The minimum Gasteiger partial charge on any atom is -0.396 e.